The van der Waals surface area contributed by atoms with Crippen LogP contribution in [0.1, 0.15) is 30.4 Å². The predicted octanol–water partition coefficient (Wildman–Crippen LogP) is 3.23. The fourth-order valence-electron chi connectivity index (χ4n) is 3.06. The molecule has 1 unspecified atom stereocenters. The van der Waals surface area contributed by atoms with E-state index in [1.165, 1.54) is 12.1 Å². The van der Waals surface area contributed by atoms with E-state index in [2.05, 4.69) is 4.72 Å². The van der Waals surface area contributed by atoms with Crippen molar-refractivity contribution >= 4 is 16.5 Å². The number of hydrogen-bond acceptors (Lipinski definition) is 4. The minimum absolute atomic E-state index is 0.0156. The van der Waals surface area contributed by atoms with Crippen molar-refractivity contribution in [3.05, 3.63) is 65.7 Å². The van der Waals surface area contributed by atoms with E-state index in [9.17, 15) is 17.2 Å². The highest BCUT2D eigenvalue weighted by molar-refractivity contribution is 7.89. The van der Waals surface area contributed by atoms with Crippen molar-refractivity contribution in [1.82, 2.24) is 9.62 Å². The van der Waals surface area contributed by atoms with Crippen molar-refractivity contribution in [2.75, 3.05) is 6.54 Å². The molecule has 28 heavy (non-hydrogen) atoms. The number of alkyl halides is 2. The first kappa shape index (κ1) is 21.9. The van der Waals surface area contributed by atoms with Crippen LogP contribution in [0.3, 0.4) is 0 Å². The Hall–Kier alpha value is -2.36. The molecule has 1 fully saturated rings. The summed E-state index contributed by atoms with van der Waals surface area (Å²) in [5, 5.41) is 6.89. The Balaban J connectivity index is 0.000000878. The third-order valence-electron chi connectivity index (χ3n) is 4.30. The molecule has 1 aliphatic heterocycles. The predicted molar refractivity (Wildman–Crippen MR) is 100 cm³/mol. The Morgan fingerprint density at radius 2 is 1.86 bits per heavy atom. The van der Waals surface area contributed by atoms with Crippen molar-refractivity contribution in [3.63, 3.8) is 0 Å². The van der Waals surface area contributed by atoms with Crippen molar-refractivity contribution in [1.29, 1.82) is 0 Å². The molecule has 1 saturated heterocycles. The first-order valence-electron chi connectivity index (χ1n) is 8.63. The smallest absolute Gasteiger partial charge is 0.290 e. The molecule has 0 spiro atoms. The molecule has 1 aliphatic rings. The van der Waals surface area contributed by atoms with Crippen molar-refractivity contribution in [2.45, 2.75) is 36.9 Å². The van der Waals surface area contributed by atoms with Gasteiger partial charge in [-0.1, -0.05) is 36.4 Å². The van der Waals surface area contributed by atoms with Gasteiger partial charge in [-0.05, 0) is 36.6 Å². The SMILES string of the molecule is O=CO.O=S(=O)(NC1CCCN1Cc1cccc(C(F)F)c1)c1ccccc1. The van der Waals surface area contributed by atoms with Gasteiger partial charge in [0.15, 0.2) is 0 Å². The standard InChI is InChI=1S/C18H20F2N2O2S.CH2O2/c19-18(20)15-7-4-6-14(12-15)13-22-11-5-10-17(22)21-25(23,24)16-8-2-1-3-9-16;2-1-3/h1-4,6-9,12,17-18,21H,5,10-11,13H2;1H,(H,2,3). The maximum absolute atomic E-state index is 12.8. The summed E-state index contributed by atoms with van der Waals surface area (Å²) in [6.45, 7) is 0.906. The number of carboxylic acid groups (broad SMARTS) is 1. The van der Waals surface area contributed by atoms with Gasteiger partial charge < -0.3 is 5.11 Å². The van der Waals surface area contributed by atoms with Crippen LogP contribution in [0, 0.1) is 0 Å². The van der Waals surface area contributed by atoms with Crippen LogP contribution in [0.2, 0.25) is 0 Å². The van der Waals surface area contributed by atoms with Gasteiger partial charge in [0.05, 0.1) is 11.1 Å². The number of carbonyl (C=O) groups is 1. The highest BCUT2D eigenvalue weighted by atomic mass is 32.2. The first-order valence-corrected chi connectivity index (χ1v) is 10.1. The van der Waals surface area contributed by atoms with Crippen LogP contribution < -0.4 is 4.72 Å². The van der Waals surface area contributed by atoms with E-state index in [4.69, 9.17) is 9.90 Å². The van der Waals surface area contributed by atoms with E-state index in [0.717, 1.165) is 18.5 Å². The molecule has 1 atom stereocenters. The summed E-state index contributed by atoms with van der Waals surface area (Å²) in [4.78, 5) is 10.6. The molecule has 0 aliphatic carbocycles. The zero-order valence-electron chi connectivity index (χ0n) is 15.0. The van der Waals surface area contributed by atoms with Crippen LogP contribution in [0.4, 0.5) is 8.78 Å². The molecule has 152 valence electrons. The Morgan fingerprint density at radius 1 is 1.18 bits per heavy atom. The second-order valence-corrected chi connectivity index (χ2v) is 7.93. The Bertz CT molecular complexity index is 863. The van der Waals surface area contributed by atoms with Gasteiger partial charge in [-0.15, -0.1) is 0 Å². The highest BCUT2D eigenvalue weighted by Crippen LogP contribution is 2.23. The van der Waals surface area contributed by atoms with Gasteiger partial charge in [-0.2, -0.15) is 4.72 Å². The minimum Gasteiger partial charge on any atom is -0.483 e. The van der Waals surface area contributed by atoms with Crippen LogP contribution in [0.15, 0.2) is 59.5 Å². The molecule has 2 aromatic carbocycles. The number of halogens is 2. The highest BCUT2D eigenvalue weighted by Gasteiger charge is 2.29. The van der Waals surface area contributed by atoms with Gasteiger partial charge in [0, 0.05) is 18.7 Å². The van der Waals surface area contributed by atoms with E-state index in [-0.39, 0.29) is 23.1 Å². The van der Waals surface area contributed by atoms with Crippen LogP contribution >= 0.6 is 0 Å². The number of nitrogens with one attached hydrogen (secondary N) is 1. The zero-order valence-corrected chi connectivity index (χ0v) is 15.9. The fourth-order valence-corrected chi connectivity index (χ4v) is 4.33. The van der Waals surface area contributed by atoms with E-state index < -0.39 is 16.4 Å². The lowest BCUT2D eigenvalue weighted by molar-refractivity contribution is -0.122. The molecule has 0 bridgehead atoms. The zero-order chi connectivity index (χ0) is 20.6. The molecule has 0 saturated carbocycles. The van der Waals surface area contributed by atoms with Crippen LogP contribution in [0.25, 0.3) is 0 Å². The molecule has 2 N–H and O–H groups in total. The molecule has 3 rings (SSSR count). The molecule has 2 aromatic rings. The Morgan fingerprint density at radius 3 is 2.50 bits per heavy atom. The molecule has 1 heterocycles. The van der Waals surface area contributed by atoms with Crippen LogP contribution in [-0.2, 0) is 21.4 Å². The minimum atomic E-state index is -3.60. The lowest BCUT2D eigenvalue weighted by Gasteiger charge is -2.25. The van der Waals surface area contributed by atoms with Crippen molar-refractivity contribution in [2.24, 2.45) is 0 Å². The van der Waals surface area contributed by atoms with Crippen molar-refractivity contribution in [3.8, 4) is 0 Å². The molecular weight excluding hydrogens is 390 g/mol. The maximum Gasteiger partial charge on any atom is 0.290 e. The summed E-state index contributed by atoms with van der Waals surface area (Å²) in [6.07, 6.45) is -1.29. The van der Waals surface area contributed by atoms with E-state index in [0.29, 0.717) is 13.0 Å². The summed E-state index contributed by atoms with van der Waals surface area (Å²) in [5.41, 5.74) is 0.738. The number of nitrogens with zero attached hydrogens (tertiary/aromatic N) is 1. The number of hydrogen-bond donors (Lipinski definition) is 2. The fraction of sp³-hybridized carbons (Fsp3) is 0.316. The number of likely N-dealkylation sites (tertiary alicyclic amines) is 1. The Labute approximate surface area is 162 Å². The topological polar surface area (TPSA) is 86.7 Å². The molecule has 0 aromatic heterocycles. The lowest BCUT2D eigenvalue weighted by atomic mass is 10.1. The molecule has 0 radical (unpaired) electrons. The number of benzene rings is 2. The van der Waals surface area contributed by atoms with E-state index >= 15 is 0 Å². The summed E-state index contributed by atoms with van der Waals surface area (Å²) in [5.74, 6) is 0. The normalized spacial score (nSPS) is 17.2. The monoisotopic (exact) mass is 412 g/mol. The second-order valence-electron chi connectivity index (χ2n) is 6.21. The third kappa shape index (κ3) is 6.08. The number of sulfonamides is 1. The van der Waals surface area contributed by atoms with E-state index in [1.54, 1.807) is 42.5 Å². The molecule has 6 nitrogen and oxygen atoms in total. The largest absolute Gasteiger partial charge is 0.483 e. The summed E-state index contributed by atoms with van der Waals surface area (Å²) in [7, 11) is -3.60. The van der Waals surface area contributed by atoms with Gasteiger partial charge in [0.1, 0.15) is 0 Å². The van der Waals surface area contributed by atoms with Gasteiger partial charge in [-0.3, -0.25) is 9.69 Å². The van der Waals surface area contributed by atoms with Crippen LogP contribution in [-0.4, -0.2) is 37.6 Å². The van der Waals surface area contributed by atoms with Gasteiger partial charge in [-0.25, -0.2) is 17.2 Å². The van der Waals surface area contributed by atoms with Gasteiger partial charge in [0.25, 0.3) is 12.9 Å². The maximum atomic E-state index is 12.8. The first-order chi connectivity index (χ1) is 13.4. The summed E-state index contributed by atoms with van der Waals surface area (Å²) in [6, 6.07) is 14.5. The van der Waals surface area contributed by atoms with Crippen LogP contribution in [0.5, 0.6) is 0 Å². The van der Waals surface area contributed by atoms with E-state index in [1.807, 2.05) is 4.90 Å². The average molecular weight is 412 g/mol. The quantitative estimate of drug-likeness (QED) is 0.712. The van der Waals surface area contributed by atoms with Gasteiger partial charge in [0.2, 0.25) is 10.0 Å². The Kier molecular flexibility index (Phi) is 8.04. The van der Waals surface area contributed by atoms with Crippen molar-refractivity contribution < 1.29 is 27.1 Å². The van der Waals surface area contributed by atoms with Gasteiger partial charge >= 0.3 is 0 Å². The average Bonchev–Trinajstić information content (AvgIpc) is 3.09. The second kappa shape index (κ2) is 10.3. The molecule has 9 heteroatoms. The molecule has 0 amide bonds. The summed E-state index contributed by atoms with van der Waals surface area (Å²) >= 11 is 0. The molecular formula is C19H22F2N2O4S. The number of rotatable bonds is 6. The third-order valence-corrected chi connectivity index (χ3v) is 5.77. The summed E-state index contributed by atoms with van der Waals surface area (Å²) < 4.78 is 53.4. The lowest BCUT2D eigenvalue weighted by Crippen LogP contribution is -2.43.